The second-order valence-electron chi connectivity index (χ2n) is 4.98. The van der Waals surface area contributed by atoms with Crippen molar-refractivity contribution < 1.29 is 8.78 Å². The van der Waals surface area contributed by atoms with Crippen molar-refractivity contribution in [1.29, 1.82) is 0 Å². The van der Waals surface area contributed by atoms with Crippen molar-refractivity contribution >= 4 is 5.69 Å². The Morgan fingerprint density at radius 1 is 1.32 bits per heavy atom. The summed E-state index contributed by atoms with van der Waals surface area (Å²) in [4.78, 5) is 2.18. The lowest BCUT2D eigenvalue weighted by Gasteiger charge is -2.31. The number of halogens is 2. The van der Waals surface area contributed by atoms with Crippen molar-refractivity contribution in [1.82, 2.24) is 4.90 Å². The summed E-state index contributed by atoms with van der Waals surface area (Å²) in [5.74, 6) is 1.84. The molecule has 1 saturated heterocycles. The highest BCUT2D eigenvalue weighted by atomic mass is 19.1. The number of hydrogen-bond acceptors (Lipinski definition) is 2. The Kier molecular flexibility index (Phi) is 4.39. The van der Waals surface area contributed by atoms with Gasteiger partial charge in [0.25, 0.3) is 0 Å². The van der Waals surface area contributed by atoms with Gasteiger partial charge in [-0.15, -0.1) is 6.42 Å². The Balaban J connectivity index is 1.96. The van der Waals surface area contributed by atoms with E-state index in [2.05, 4.69) is 16.1 Å². The van der Waals surface area contributed by atoms with Crippen LogP contribution in [0, 0.1) is 30.9 Å². The van der Waals surface area contributed by atoms with Crippen LogP contribution in [0.2, 0.25) is 0 Å². The topological polar surface area (TPSA) is 15.3 Å². The number of terminal acetylenes is 1. The molecule has 1 heterocycles. The van der Waals surface area contributed by atoms with Gasteiger partial charge >= 0.3 is 0 Å². The van der Waals surface area contributed by atoms with Gasteiger partial charge in [0.2, 0.25) is 0 Å². The molecule has 1 aliphatic rings. The van der Waals surface area contributed by atoms with E-state index in [1.807, 2.05) is 0 Å². The molecule has 1 N–H and O–H groups in total. The molecule has 102 valence electrons. The van der Waals surface area contributed by atoms with Gasteiger partial charge in [0.1, 0.15) is 11.6 Å². The first kappa shape index (κ1) is 13.8. The quantitative estimate of drug-likeness (QED) is 0.845. The maximum Gasteiger partial charge on any atom is 0.146 e. The second kappa shape index (κ2) is 6.03. The van der Waals surface area contributed by atoms with E-state index < -0.39 is 5.82 Å². The Morgan fingerprint density at radius 2 is 2.00 bits per heavy atom. The van der Waals surface area contributed by atoms with Crippen LogP contribution >= 0.6 is 0 Å². The van der Waals surface area contributed by atoms with Crippen molar-refractivity contribution in [3.05, 3.63) is 29.3 Å². The average molecular weight is 264 g/mol. The number of rotatable bonds is 3. The van der Waals surface area contributed by atoms with Crippen molar-refractivity contribution in [2.24, 2.45) is 0 Å². The molecule has 2 rings (SSSR count). The fraction of sp³-hybridized carbons (Fsp3) is 0.467. The molecular weight excluding hydrogens is 246 g/mol. The minimum absolute atomic E-state index is 0.172. The first-order valence-corrected chi connectivity index (χ1v) is 6.48. The minimum atomic E-state index is -0.398. The van der Waals surface area contributed by atoms with Crippen LogP contribution in [0.4, 0.5) is 14.5 Å². The summed E-state index contributed by atoms with van der Waals surface area (Å²) in [6, 6.07) is 2.63. The molecule has 4 heteroatoms. The lowest BCUT2D eigenvalue weighted by Crippen LogP contribution is -2.39. The monoisotopic (exact) mass is 264 g/mol. The summed E-state index contributed by atoms with van der Waals surface area (Å²) in [6.07, 6.45) is 7.04. The number of likely N-dealkylation sites (tertiary alicyclic amines) is 1. The van der Waals surface area contributed by atoms with Crippen LogP contribution in [-0.4, -0.2) is 30.6 Å². The van der Waals surface area contributed by atoms with E-state index >= 15 is 0 Å². The van der Waals surface area contributed by atoms with E-state index in [0.717, 1.165) is 25.9 Å². The van der Waals surface area contributed by atoms with E-state index in [1.165, 1.54) is 12.1 Å². The fourth-order valence-electron chi connectivity index (χ4n) is 2.34. The molecule has 0 atom stereocenters. The van der Waals surface area contributed by atoms with Gasteiger partial charge in [0, 0.05) is 25.2 Å². The van der Waals surface area contributed by atoms with Crippen LogP contribution in [0.1, 0.15) is 18.4 Å². The number of nitrogens with zero attached hydrogens (tertiary/aromatic N) is 1. The molecule has 1 fully saturated rings. The van der Waals surface area contributed by atoms with Crippen LogP contribution in [0.15, 0.2) is 12.1 Å². The highest BCUT2D eigenvalue weighted by Crippen LogP contribution is 2.22. The van der Waals surface area contributed by atoms with E-state index in [0.29, 0.717) is 12.1 Å². The van der Waals surface area contributed by atoms with Gasteiger partial charge in [-0.3, -0.25) is 4.90 Å². The van der Waals surface area contributed by atoms with Crippen LogP contribution in [0.3, 0.4) is 0 Å². The maximum atomic E-state index is 13.7. The van der Waals surface area contributed by atoms with Gasteiger partial charge in [-0.2, -0.15) is 0 Å². The Morgan fingerprint density at radius 3 is 2.63 bits per heavy atom. The lowest BCUT2D eigenvalue weighted by molar-refractivity contribution is 0.243. The zero-order chi connectivity index (χ0) is 13.8. The number of hydrogen-bond donors (Lipinski definition) is 1. The number of piperidine rings is 1. The molecule has 0 spiro atoms. The molecule has 2 nitrogen and oxygen atoms in total. The van der Waals surface area contributed by atoms with Gasteiger partial charge in [-0.1, -0.05) is 5.92 Å². The predicted octanol–water partition coefficient (Wildman–Crippen LogP) is 2.78. The van der Waals surface area contributed by atoms with Crippen molar-refractivity contribution in [3.63, 3.8) is 0 Å². The van der Waals surface area contributed by atoms with Crippen molar-refractivity contribution in [2.75, 3.05) is 25.0 Å². The largest absolute Gasteiger partial charge is 0.380 e. The smallest absolute Gasteiger partial charge is 0.146 e. The van der Waals surface area contributed by atoms with Crippen LogP contribution in [-0.2, 0) is 0 Å². The first-order chi connectivity index (χ1) is 9.10. The third kappa shape index (κ3) is 3.45. The normalized spacial score (nSPS) is 17.2. The Labute approximate surface area is 112 Å². The molecule has 0 unspecified atom stereocenters. The number of aryl methyl sites for hydroxylation is 1. The summed E-state index contributed by atoms with van der Waals surface area (Å²) in [5, 5.41) is 3.09. The SMILES string of the molecule is C#CCN1CCC(Nc2cc(F)c(C)cc2F)CC1. The van der Waals surface area contributed by atoms with Gasteiger partial charge < -0.3 is 5.32 Å². The van der Waals surface area contributed by atoms with Gasteiger partial charge in [0.05, 0.1) is 12.2 Å². The third-order valence-electron chi connectivity index (χ3n) is 3.51. The Hall–Kier alpha value is -1.60. The summed E-state index contributed by atoms with van der Waals surface area (Å²) < 4.78 is 27.2. The molecule has 0 amide bonds. The van der Waals surface area contributed by atoms with Gasteiger partial charge in [-0.05, 0) is 31.4 Å². The van der Waals surface area contributed by atoms with Crippen molar-refractivity contribution in [2.45, 2.75) is 25.8 Å². The van der Waals surface area contributed by atoms with Crippen LogP contribution < -0.4 is 5.32 Å². The van der Waals surface area contributed by atoms with Gasteiger partial charge in [-0.25, -0.2) is 8.78 Å². The molecule has 0 aromatic heterocycles. The van der Waals surface area contributed by atoms with E-state index in [4.69, 9.17) is 6.42 Å². The summed E-state index contributed by atoms with van der Waals surface area (Å²) in [6.45, 7) is 3.98. The van der Waals surface area contributed by atoms with Crippen LogP contribution in [0.5, 0.6) is 0 Å². The Bertz CT molecular complexity index is 486. The van der Waals surface area contributed by atoms with E-state index in [9.17, 15) is 8.78 Å². The van der Waals surface area contributed by atoms with Crippen molar-refractivity contribution in [3.8, 4) is 12.3 Å². The van der Waals surface area contributed by atoms with E-state index in [-0.39, 0.29) is 17.5 Å². The second-order valence-corrected chi connectivity index (χ2v) is 4.98. The summed E-state index contributed by atoms with van der Waals surface area (Å²) >= 11 is 0. The summed E-state index contributed by atoms with van der Waals surface area (Å²) in [7, 11) is 0. The highest BCUT2D eigenvalue weighted by molar-refractivity contribution is 5.47. The summed E-state index contributed by atoms with van der Waals surface area (Å²) in [5.41, 5.74) is 0.574. The fourth-order valence-corrected chi connectivity index (χ4v) is 2.34. The van der Waals surface area contributed by atoms with Crippen LogP contribution in [0.25, 0.3) is 0 Å². The lowest BCUT2D eigenvalue weighted by atomic mass is 10.0. The molecule has 0 saturated carbocycles. The molecule has 1 aromatic carbocycles. The number of anilines is 1. The number of nitrogens with one attached hydrogen (secondary N) is 1. The molecule has 1 aliphatic heterocycles. The standard InChI is InChI=1S/C15H18F2N2/c1-3-6-19-7-4-12(5-8-19)18-15-10-13(16)11(2)9-14(15)17/h1,9-10,12,18H,4-8H2,2H3. The molecule has 0 radical (unpaired) electrons. The van der Waals surface area contributed by atoms with E-state index in [1.54, 1.807) is 6.92 Å². The highest BCUT2D eigenvalue weighted by Gasteiger charge is 2.19. The first-order valence-electron chi connectivity index (χ1n) is 6.48. The molecule has 0 bridgehead atoms. The minimum Gasteiger partial charge on any atom is -0.380 e. The average Bonchev–Trinajstić information content (AvgIpc) is 2.38. The molecule has 0 aliphatic carbocycles. The zero-order valence-corrected chi connectivity index (χ0v) is 11.0. The predicted molar refractivity (Wildman–Crippen MR) is 73.0 cm³/mol. The maximum absolute atomic E-state index is 13.7. The molecule has 19 heavy (non-hydrogen) atoms. The molecule has 1 aromatic rings. The zero-order valence-electron chi connectivity index (χ0n) is 11.0. The van der Waals surface area contributed by atoms with Gasteiger partial charge in [0.15, 0.2) is 0 Å². The molecular formula is C15H18F2N2. The third-order valence-corrected chi connectivity index (χ3v) is 3.51. The number of benzene rings is 1.